The van der Waals surface area contributed by atoms with Crippen molar-refractivity contribution in [3.8, 4) is 0 Å². The van der Waals surface area contributed by atoms with E-state index in [1.54, 1.807) is 12.3 Å². The van der Waals surface area contributed by atoms with Crippen LogP contribution in [-0.2, 0) is 13.1 Å². The molecule has 0 spiro atoms. The second-order valence-corrected chi connectivity index (χ2v) is 7.81. The summed E-state index contributed by atoms with van der Waals surface area (Å²) in [4.78, 5) is 34.6. The topological polar surface area (TPSA) is 89.8 Å². The summed E-state index contributed by atoms with van der Waals surface area (Å²) in [6.45, 7) is 4.16. The first-order chi connectivity index (χ1) is 14.0. The molecule has 0 unspecified atom stereocenters. The van der Waals surface area contributed by atoms with Gasteiger partial charge in [0, 0.05) is 11.6 Å². The van der Waals surface area contributed by atoms with Crippen LogP contribution in [0.15, 0.2) is 53.5 Å². The maximum Gasteiger partial charge on any atom is 0.275 e. The molecule has 29 heavy (non-hydrogen) atoms. The highest BCUT2D eigenvalue weighted by molar-refractivity contribution is 7.13. The molecule has 3 heterocycles. The number of rotatable bonds is 5. The Balaban J connectivity index is 1.67. The summed E-state index contributed by atoms with van der Waals surface area (Å²) in [5.41, 5.74) is 1.89. The molecule has 0 aliphatic carbocycles. The summed E-state index contributed by atoms with van der Waals surface area (Å²) in [6.07, 6.45) is 1.68. The number of amides is 1. The van der Waals surface area contributed by atoms with Crippen molar-refractivity contribution >= 4 is 28.0 Å². The molecule has 0 aliphatic heterocycles. The number of aromatic nitrogens is 4. The fourth-order valence-electron chi connectivity index (χ4n) is 3.17. The number of thiazole rings is 1. The Labute approximate surface area is 171 Å². The van der Waals surface area contributed by atoms with E-state index in [-0.39, 0.29) is 24.6 Å². The molecule has 0 radical (unpaired) electrons. The molecule has 1 N–H and O–H groups in total. The van der Waals surface area contributed by atoms with Crippen LogP contribution < -0.4 is 10.9 Å². The Hall–Kier alpha value is -3.39. The van der Waals surface area contributed by atoms with Crippen molar-refractivity contribution in [3.63, 3.8) is 0 Å². The van der Waals surface area contributed by atoms with Gasteiger partial charge in [-0.25, -0.2) is 9.67 Å². The summed E-state index contributed by atoms with van der Waals surface area (Å²) >= 11 is 1.36. The van der Waals surface area contributed by atoms with Gasteiger partial charge in [0.2, 0.25) is 0 Å². The van der Waals surface area contributed by atoms with E-state index >= 15 is 0 Å². The SMILES string of the molecule is Cc1nc(C)c(C(=O)NCc2nn(Cc3ccccn3)c(=O)c3ccccc23)s1. The monoisotopic (exact) mass is 405 g/mol. The van der Waals surface area contributed by atoms with Crippen LogP contribution in [0.25, 0.3) is 10.8 Å². The van der Waals surface area contributed by atoms with E-state index in [4.69, 9.17) is 0 Å². The summed E-state index contributed by atoms with van der Waals surface area (Å²) in [5.74, 6) is -0.193. The Morgan fingerprint density at radius 2 is 1.86 bits per heavy atom. The van der Waals surface area contributed by atoms with Crippen molar-refractivity contribution in [3.05, 3.63) is 86.0 Å². The van der Waals surface area contributed by atoms with Crippen LogP contribution in [0, 0.1) is 13.8 Å². The predicted octanol–water partition coefficient (Wildman–Crippen LogP) is 2.84. The number of hydrogen-bond donors (Lipinski definition) is 1. The lowest BCUT2D eigenvalue weighted by molar-refractivity contribution is 0.0953. The Morgan fingerprint density at radius 1 is 1.10 bits per heavy atom. The number of fused-ring (bicyclic) bond motifs is 1. The molecule has 0 fully saturated rings. The van der Waals surface area contributed by atoms with Crippen molar-refractivity contribution in [2.75, 3.05) is 0 Å². The van der Waals surface area contributed by atoms with Crippen LogP contribution in [0.3, 0.4) is 0 Å². The number of hydrogen-bond acceptors (Lipinski definition) is 6. The molecular formula is C21H19N5O2S. The summed E-state index contributed by atoms with van der Waals surface area (Å²) in [7, 11) is 0. The van der Waals surface area contributed by atoms with Crippen LogP contribution in [0.2, 0.25) is 0 Å². The predicted molar refractivity (Wildman–Crippen MR) is 112 cm³/mol. The Bertz CT molecular complexity index is 1250. The average molecular weight is 405 g/mol. The van der Waals surface area contributed by atoms with Gasteiger partial charge < -0.3 is 5.32 Å². The maximum absolute atomic E-state index is 12.9. The third kappa shape index (κ3) is 3.93. The Morgan fingerprint density at radius 3 is 2.55 bits per heavy atom. The molecule has 0 saturated heterocycles. The minimum absolute atomic E-state index is 0.185. The molecule has 7 nitrogen and oxygen atoms in total. The highest BCUT2D eigenvalue weighted by Gasteiger charge is 2.16. The molecule has 3 aromatic heterocycles. The second kappa shape index (κ2) is 7.92. The van der Waals surface area contributed by atoms with E-state index in [0.717, 1.165) is 16.1 Å². The third-order valence-electron chi connectivity index (χ3n) is 4.51. The lowest BCUT2D eigenvalue weighted by Crippen LogP contribution is -2.29. The number of benzene rings is 1. The van der Waals surface area contributed by atoms with Crippen molar-refractivity contribution in [1.82, 2.24) is 25.1 Å². The van der Waals surface area contributed by atoms with Gasteiger partial charge >= 0.3 is 0 Å². The first kappa shape index (κ1) is 18.9. The molecule has 0 bridgehead atoms. The zero-order chi connectivity index (χ0) is 20.4. The lowest BCUT2D eigenvalue weighted by Gasteiger charge is -2.11. The zero-order valence-corrected chi connectivity index (χ0v) is 16.9. The summed E-state index contributed by atoms with van der Waals surface area (Å²) < 4.78 is 1.40. The smallest absolute Gasteiger partial charge is 0.275 e. The van der Waals surface area contributed by atoms with Crippen LogP contribution in [0.4, 0.5) is 0 Å². The van der Waals surface area contributed by atoms with Gasteiger partial charge in [-0.1, -0.05) is 24.3 Å². The number of nitrogens with zero attached hydrogens (tertiary/aromatic N) is 4. The first-order valence-electron chi connectivity index (χ1n) is 9.14. The minimum atomic E-state index is -0.193. The number of carbonyl (C=O) groups excluding carboxylic acids is 1. The maximum atomic E-state index is 12.9. The van der Waals surface area contributed by atoms with Gasteiger partial charge in [-0.05, 0) is 32.0 Å². The molecule has 1 aromatic carbocycles. The van der Waals surface area contributed by atoms with Gasteiger partial charge in [0.15, 0.2) is 0 Å². The van der Waals surface area contributed by atoms with Crippen LogP contribution >= 0.6 is 11.3 Å². The molecule has 0 atom stereocenters. The number of carbonyl (C=O) groups is 1. The fourth-order valence-corrected chi connectivity index (χ4v) is 4.01. The molecular weight excluding hydrogens is 386 g/mol. The van der Waals surface area contributed by atoms with E-state index in [1.807, 2.05) is 50.2 Å². The molecule has 0 aliphatic rings. The molecule has 4 aromatic rings. The number of nitrogens with one attached hydrogen (secondary N) is 1. The molecule has 0 saturated carbocycles. The van der Waals surface area contributed by atoms with E-state index in [0.29, 0.717) is 21.7 Å². The average Bonchev–Trinajstić information content (AvgIpc) is 3.08. The number of aryl methyl sites for hydroxylation is 2. The zero-order valence-electron chi connectivity index (χ0n) is 16.0. The standard InChI is InChI=1S/C21H19N5O2S/c1-13-19(29-14(2)24-13)20(27)23-11-18-16-8-3-4-9-17(16)21(28)26(25-18)12-15-7-5-6-10-22-15/h3-10H,11-12H2,1-2H3,(H,23,27). The third-order valence-corrected chi connectivity index (χ3v) is 5.58. The Kier molecular flexibility index (Phi) is 5.18. The normalized spacial score (nSPS) is 11.0. The van der Waals surface area contributed by atoms with Crippen molar-refractivity contribution in [1.29, 1.82) is 0 Å². The van der Waals surface area contributed by atoms with E-state index < -0.39 is 0 Å². The van der Waals surface area contributed by atoms with Crippen LogP contribution in [0.5, 0.6) is 0 Å². The van der Waals surface area contributed by atoms with Gasteiger partial charge in [0.05, 0.1) is 40.6 Å². The fraction of sp³-hybridized carbons (Fsp3) is 0.190. The van der Waals surface area contributed by atoms with E-state index in [1.165, 1.54) is 16.0 Å². The summed E-state index contributed by atoms with van der Waals surface area (Å²) in [5, 5.41) is 9.58. The van der Waals surface area contributed by atoms with Crippen molar-refractivity contribution < 1.29 is 4.79 Å². The molecule has 4 rings (SSSR count). The molecule has 1 amide bonds. The summed E-state index contributed by atoms with van der Waals surface area (Å²) in [6, 6.07) is 12.8. The highest BCUT2D eigenvalue weighted by atomic mass is 32.1. The first-order valence-corrected chi connectivity index (χ1v) is 9.95. The van der Waals surface area contributed by atoms with E-state index in [2.05, 4.69) is 20.4 Å². The van der Waals surface area contributed by atoms with Gasteiger partial charge in [0.1, 0.15) is 4.88 Å². The van der Waals surface area contributed by atoms with Gasteiger partial charge in [-0.2, -0.15) is 5.10 Å². The van der Waals surface area contributed by atoms with Gasteiger partial charge in [-0.3, -0.25) is 14.6 Å². The van der Waals surface area contributed by atoms with Gasteiger partial charge in [0.25, 0.3) is 11.5 Å². The van der Waals surface area contributed by atoms with Gasteiger partial charge in [-0.15, -0.1) is 11.3 Å². The van der Waals surface area contributed by atoms with E-state index in [9.17, 15) is 9.59 Å². The van der Waals surface area contributed by atoms with Crippen molar-refractivity contribution in [2.24, 2.45) is 0 Å². The van der Waals surface area contributed by atoms with Crippen molar-refractivity contribution in [2.45, 2.75) is 26.9 Å². The molecule has 8 heteroatoms. The van der Waals surface area contributed by atoms with Crippen LogP contribution in [0.1, 0.15) is 31.8 Å². The molecule has 146 valence electrons. The second-order valence-electron chi connectivity index (χ2n) is 6.61. The quantitative estimate of drug-likeness (QED) is 0.551. The lowest BCUT2D eigenvalue weighted by atomic mass is 10.1. The van der Waals surface area contributed by atoms with Crippen LogP contribution in [-0.4, -0.2) is 25.7 Å². The highest BCUT2D eigenvalue weighted by Crippen LogP contribution is 2.18. The largest absolute Gasteiger partial charge is 0.346 e. The number of pyridine rings is 1. The minimum Gasteiger partial charge on any atom is -0.346 e.